The van der Waals surface area contributed by atoms with E-state index in [1.54, 1.807) is 0 Å². The van der Waals surface area contributed by atoms with Crippen molar-refractivity contribution in [3.05, 3.63) is 16.7 Å². The van der Waals surface area contributed by atoms with Crippen LogP contribution in [0.1, 0.15) is 43.6 Å². The smallest absolute Gasteiger partial charge is 0.156 e. The van der Waals surface area contributed by atoms with Crippen molar-refractivity contribution in [1.29, 1.82) is 0 Å². The molecule has 1 aromatic rings. The van der Waals surface area contributed by atoms with Crippen molar-refractivity contribution in [1.82, 2.24) is 9.55 Å². The summed E-state index contributed by atoms with van der Waals surface area (Å²) in [5.74, 6) is 1.05. The largest absolute Gasteiger partial charge is 0.411 e. The Labute approximate surface area is 105 Å². The standard InChI is InChI=1S/C12H16ClN3O/c13-11-9(7-14-17)16-8-12(6-10(16)15-11)4-2-1-3-5-12/h7,17H,1-6,8H2. The average molecular weight is 254 g/mol. The van der Waals surface area contributed by atoms with E-state index in [1.165, 1.54) is 38.3 Å². The van der Waals surface area contributed by atoms with Gasteiger partial charge in [-0.25, -0.2) is 4.98 Å². The molecule has 1 spiro atoms. The Balaban J connectivity index is 1.93. The summed E-state index contributed by atoms with van der Waals surface area (Å²) in [6.07, 6.45) is 8.97. The van der Waals surface area contributed by atoms with Crippen molar-refractivity contribution in [2.75, 3.05) is 0 Å². The highest BCUT2D eigenvalue weighted by Crippen LogP contribution is 2.45. The summed E-state index contributed by atoms with van der Waals surface area (Å²) < 4.78 is 2.12. The molecule has 92 valence electrons. The lowest BCUT2D eigenvalue weighted by molar-refractivity contribution is 0.186. The number of imidazole rings is 1. The first-order valence-electron chi connectivity index (χ1n) is 6.16. The van der Waals surface area contributed by atoms with Gasteiger partial charge in [-0.2, -0.15) is 0 Å². The molecule has 0 unspecified atom stereocenters. The van der Waals surface area contributed by atoms with Gasteiger partial charge in [0.15, 0.2) is 5.15 Å². The third-order valence-corrected chi connectivity index (χ3v) is 4.44. The second-order valence-electron chi connectivity index (χ2n) is 5.27. The molecule has 17 heavy (non-hydrogen) atoms. The first kappa shape index (κ1) is 11.1. The summed E-state index contributed by atoms with van der Waals surface area (Å²) in [4.78, 5) is 4.39. The van der Waals surface area contributed by atoms with Gasteiger partial charge in [-0.05, 0) is 18.3 Å². The van der Waals surface area contributed by atoms with Crippen molar-refractivity contribution < 1.29 is 5.21 Å². The summed E-state index contributed by atoms with van der Waals surface area (Å²) >= 11 is 6.03. The number of rotatable bonds is 1. The van der Waals surface area contributed by atoms with Crippen LogP contribution in [-0.2, 0) is 13.0 Å². The maximum absolute atomic E-state index is 8.67. The van der Waals surface area contributed by atoms with Crippen molar-refractivity contribution in [2.45, 2.75) is 45.1 Å². The third kappa shape index (κ3) is 1.75. The molecule has 1 N–H and O–H groups in total. The number of nitrogens with zero attached hydrogens (tertiary/aromatic N) is 3. The fourth-order valence-electron chi connectivity index (χ4n) is 3.33. The predicted molar refractivity (Wildman–Crippen MR) is 65.8 cm³/mol. The molecule has 5 heteroatoms. The van der Waals surface area contributed by atoms with Gasteiger partial charge in [0, 0.05) is 13.0 Å². The Hall–Kier alpha value is -1.03. The summed E-state index contributed by atoms with van der Waals surface area (Å²) in [6, 6.07) is 0. The van der Waals surface area contributed by atoms with E-state index in [0.717, 1.165) is 24.5 Å². The number of fused-ring (bicyclic) bond motifs is 1. The van der Waals surface area contributed by atoms with Crippen LogP contribution in [0.25, 0.3) is 0 Å². The fraction of sp³-hybridized carbons (Fsp3) is 0.667. The van der Waals surface area contributed by atoms with E-state index in [1.807, 2.05) is 0 Å². The molecule has 1 aliphatic carbocycles. The van der Waals surface area contributed by atoms with Gasteiger partial charge in [0.25, 0.3) is 0 Å². The molecule has 0 aromatic carbocycles. The lowest BCUT2D eigenvalue weighted by Gasteiger charge is -2.32. The van der Waals surface area contributed by atoms with Gasteiger partial charge in [-0.1, -0.05) is 36.0 Å². The zero-order valence-electron chi connectivity index (χ0n) is 9.69. The number of hydrogen-bond donors (Lipinski definition) is 1. The molecule has 0 amide bonds. The molecule has 2 heterocycles. The molecular formula is C12H16ClN3O. The number of halogens is 1. The number of aromatic nitrogens is 2. The van der Waals surface area contributed by atoms with E-state index in [9.17, 15) is 0 Å². The van der Waals surface area contributed by atoms with E-state index in [0.29, 0.717) is 10.6 Å². The zero-order chi connectivity index (χ0) is 11.9. The Morgan fingerprint density at radius 1 is 1.35 bits per heavy atom. The molecule has 0 saturated heterocycles. The second-order valence-corrected chi connectivity index (χ2v) is 5.63. The van der Waals surface area contributed by atoms with E-state index in [-0.39, 0.29) is 0 Å². The van der Waals surface area contributed by atoms with Gasteiger partial charge in [0.05, 0.1) is 6.21 Å². The van der Waals surface area contributed by atoms with Crippen LogP contribution in [0.3, 0.4) is 0 Å². The van der Waals surface area contributed by atoms with Gasteiger partial charge < -0.3 is 9.77 Å². The minimum Gasteiger partial charge on any atom is -0.411 e. The Morgan fingerprint density at radius 2 is 2.12 bits per heavy atom. The summed E-state index contributed by atoms with van der Waals surface area (Å²) in [5, 5.41) is 12.2. The van der Waals surface area contributed by atoms with Crippen LogP contribution in [0.15, 0.2) is 5.16 Å². The Morgan fingerprint density at radius 3 is 2.82 bits per heavy atom. The predicted octanol–water partition coefficient (Wildman–Crippen LogP) is 2.85. The van der Waals surface area contributed by atoms with Crippen LogP contribution in [0.4, 0.5) is 0 Å². The highest BCUT2D eigenvalue weighted by Gasteiger charge is 2.40. The molecule has 1 fully saturated rings. The number of hydrogen-bond acceptors (Lipinski definition) is 3. The van der Waals surface area contributed by atoms with Crippen LogP contribution < -0.4 is 0 Å². The minimum absolute atomic E-state index is 0.392. The molecule has 1 aromatic heterocycles. The maximum Gasteiger partial charge on any atom is 0.156 e. The van der Waals surface area contributed by atoms with E-state index >= 15 is 0 Å². The Bertz CT molecular complexity index is 461. The minimum atomic E-state index is 0.392. The van der Waals surface area contributed by atoms with Gasteiger partial charge >= 0.3 is 0 Å². The van der Waals surface area contributed by atoms with Crippen molar-refractivity contribution in [2.24, 2.45) is 10.6 Å². The van der Waals surface area contributed by atoms with Gasteiger partial charge in [0.1, 0.15) is 11.5 Å². The molecule has 3 rings (SSSR count). The highest BCUT2D eigenvalue weighted by molar-refractivity contribution is 6.31. The molecular weight excluding hydrogens is 238 g/mol. The SMILES string of the molecule is ON=Cc1c(Cl)nc2n1CC1(CCCCC1)C2. The first-order chi connectivity index (χ1) is 8.24. The molecule has 0 radical (unpaired) electrons. The van der Waals surface area contributed by atoms with E-state index < -0.39 is 0 Å². The normalized spacial score (nSPS) is 22.4. The summed E-state index contributed by atoms with van der Waals surface area (Å²) in [7, 11) is 0. The van der Waals surface area contributed by atoms with E-state index in [2.05, 4.69) is 14.7 Å². The van der Waals surface area contributed by atoms with Crippen LogP contribution >= 0.6 is 11.6 Å². The summed E-state index contributed by atoms with van der Waals surface area (Å²) in [5.41, 5.74) is 1.13. The van der Waals surface area contributed by atoms with Gasteiger partial charge in [-0.3, -0.25) is 0 Å². The zero-order valence-corrected chi connectivity index (χ0v) is 10.4. The van der Waals surface area contributed by atoms with Crippen LogP contribution in [0.2, 0.25) is 5.15 Å². The lowest BCUT2D eigenvalue weighted by Crippen LogP contribution is -2.26. The second kappa shape index (κ2) is 4.02. The van der Waals surface area contributed by atoms with Crippen LogP contribution in [-0.4, -0.2) is 21.0 Å². The molecule has 1 saturated carbocycles. The van der Waals surface area contributed by atoms with Crippen LogP contribution in [0, 0.1) is 5.41 Å². The first-order valence-corrected chi connectivity index (χ1v) is 6.54. The molecule has 2 aliphatic rings. The monoisotopic (exact) mass is 253 g/mol. The van der Waals surface area contributed by atoms with Crippen molar-refractivity contribution >= 4 is 17.8 Å². The van der Waals surface area contributed by atoms with Crippen LogP contribution in [0.5, 0.6) is 0 Å². The topological polar surface area (TPSA) is 50.4 Å². The average Bonchev–Trinajstić information content (AvgIpc) is 2.77. The molecule has 1 aliphatic heterocycles. The molecule has 0 bridgehead atoms. The van der Waals surface area contributed by atoms with Gasteiger partial charge in [-0.15, -0.1) is 0 Å². The summed E-state index contributed by atoms with van der Waals surface area (Å²) in [6.45, 7) is 0.976. The molecule has 4 nitrogen and oxygen atoms in total. The Kier molecular flexibility index (Phi) is 2.62. The highest BCUT2D eigenvalue weighted by atomic mass is 35.5. The van der Waals surface area contributed by atoms with Crippen molar-refractivity contribution in [3.63, 3.8) is 0 Å². The maximum atomic E-state index is 8.67. The third-order valence-electron chi connectivity index (χ3n) is 4.16. The van der Waals surface area contributed by atoms with Crippen molar-refractivity contribution in [3.8, 4) is 0 Å². The fourth-order valence-corrected chi connectivity index (χ4v) is 3.58. The van der Waals surface area contributed by atoms with Gasteiger partial charge in [0.2, 0.25) is 0 Å². The quantitative estimate of drug-likeness (QED) is 0.475. The number of oxime groups is 1. The lowest BCUT2D eigenvalue weighted by atomic mass is 9.73. The van der Waals surface area contributed by atoms with E-state index in [4.69, 9.17) is 16.8 Å². The molecule has 0 atom stereocenters.